The van der Waals surface area contributed by atoms with Gasteiger partial charge in [-0.2, -0.15) is 16.1 Å². The molecule has 2 aromatic heterocycles. The lowest BCUT2D eigenvalue weighted by Gasteiger charge is -2.26. The van der Waals surface area contributed by atoms with E-state index >= 15 is 0 Å². The van der Waals surface area contributed by atoms with Crippen LogP contribution in [-0.4, -0.2) is 58.3 Å². The molecule has 8 nitrogen and oxygen atoms in total. The van der Waals surface area contributed by atoms with Gasteiger partial charge in [-0.1, -0.05) is 18.6 Å². The van der Waals surface area contributed by atoms with Crippen molar-refractivity contribution in [2.45, 2.75) is 43.5 Å². The van der Waals surface area contributed by atoms with E-state index < -0.39 is 10.0 Å². The van der Waals surface area contributed by atoms with Crippen LogP contribution < -0.4 is 5.32 Å². The fourth-order valence-corrected chi connectivity index (χ4v) is 6.11. The molecular formula is C23H29N5O3S2. The number of amides is 1. The number of carbonyl (C=O) groups excluding carboxylic acids is 1. The maximum Gasteiger partial charge on any atom is 0.252 e. The zero-order valence-electron chi connectivity index (χ0n) is 18.9. The summed E-state index contributed by atoms with van der Waals surface area (Å²) < 4.78 is 29.7. The average molecular weight is 488 g/mol. The van der Waals surface area contributed by atoms with E-state index in [1.807, 2.05) is 42.0 Å². The number of sulfonamides is 1. The quantitative estimate of drug-likeness (QED) is 0.523. The molecule has 1 amide bonds. The monoisotopic (exact) mass is 487 g/mol. The molecule has 4 rings (SSSR count). The lowest BCUT2D eigenvalue weighted by atomic mass is 10.1. The summed E-state index contributed by atoms with van der Waals surface area (Å²) in [5, 5.41) is 11.6. The molecule has 1 aromatic carbocycles. The summed E-state index contributed by atoms with van der Waals surface area (Å²) in [4.78, 5) is 13.5. The van der Waals surface area contributed by atoms with Crippen LogP contribution in [0.5, 0.6) is 0 Å². The summed E-state index contributed by atoms with van der Waals surface area (Å²) in [6.07, 6.45) is 7.33. The highest BCUT2D eigenvalue weighted by atomic mass is 32.2. The smallest absolute Gasteiger partial charge is 0.252 e. The van der Waals surface area contributed by atoms with E-state index in [1.165, 1.54) is 10.4 Å². The first-order chi connectivity index (χ1) is 15.9. The number of hydrogen-bond donors (Lipinski definition) is 1. The van der Waals surface area contributed by atoms with Crippen molar-refractivity contribution in [3.05, 3.63) is 59.5 Å². The SMILES string of the molecule is CSCCC(NC(=O)c1cc(S(=O)(=O)N2CCCCC2)ccc1C)c1nnc2ccccn12. The van der Waals surface area contributed by atoms with Gasteiger partial charge in [-0.3, -0.25) is 9.20 Å². The molecule has 1 saturated heterocycles. The van der Waals surface area contributed by atoms with Crippen LogP contribution in [0.3, 0.4) is 0 Å². The highest BCUT2D eigenvalue weighted by Gasteiger charge is 2.28. The van der Waals surface area contributed by atoms with Gasteiger partial charge >= 0.3 is 0 Å². The van der Waals surface area contributed by atoms with Crippen molar-refractivity contribution >= 4 is 33.3 Å². The highest BCUT2D eigenvalue weighted by Crippen LogP contribution is 2.24. The number of aryl methyl sites for hydroxylation is 1. The Morgan fingerprint density at radius 2 is 1.94 bits per heavy atom. The Morgan fingerprint density at radius 1 is 1.15 bits per heavy atom. The number of pyridine rings is 1. The zero-order chi connectivity index (χ0) is 23.4. The molecule has 176 valence electrons. The van der Waals surface area contributed by atoms with Crippen molar-refractivity contribution in [2.75, 3.05) is 25.1 Å². The van der Waals surface area contributed by atoms with Gasteiger partial charge in [-0.25, -0.2) is 8.42 Å². The van der Waals surface area contributed by atoms with Gasteiger partial charge in [0.25, 0.3) is 5.91 Å². The van der Waals surface area contributed by atoms with Gasteiger partial charge in [0.1, 0.15) is 0 Å². The van der Waals surface area contributed by atoms with Crippen LogP contribution in [0.2, 0.25) is 0 Å². The molecule has 1 N–H and O–H groups in total. The standard InChI is InChI=1S/C23H29N5O3S2/c1-17-9-10-18(33(30,31)27-12-5-3-6-13-27)16-19(17)23(29)24-20(11-15-32-2)22-26-25-21-8-4-7-14-28(21)22/h4,7-10,14,16,20H,3,5-6,11-13,15H2,1-2H3,(H,24,29). The third-order valence-electron chi connectivity index (χ3n) is 5.97. The number of nitrogens with one attached hydrogen (secondary N) is 1. The van der Waals surface area contributed by atoms with Crippen molar-refractivity contribution < 1.29 is 13.2 Å². The van der Waals surface area contributed by atoms with E-state index in [9.17, 15) is 13.2 Å². The summed E-state index contributed by atoms with van der Waals surface area (Å²) in [5.74, 6) is 1.17. The third kappa shape index (κ3) is 5.07. The van der Waals surface area contributed by atoms with Gasteiger partial charge in [-0.15, -0.1) is 10.2 Å². The molecule has 1 aliphatic heterocycles. The predicted octanol–water partition coefficient (Wildman–Crippen LogP) is 3.44. The van der Waals surface area contributed by atoms with Crippen LogP contribution in [0.1, 0.15) is 53.5 Å². The summed E-state index contributed by atoms with van der Waals surface area (Å²) >= 11 is 1.69. The summed E-state index contributed by atoms with van der Waals surface area (Å²) in [6.45, 7) is 2.86. The van der Waals surface area contributed by atoms with Crippen LogP contribution in [-0.2, 0) is 10.0 Å². The predicted molar refractivity (Wildman–Crippen MR) is 130 cm³/mol. The second-order valence-electron chi connectivity index (χ2n) is 8.24. The molecule has 0 saturated carbocycles. The Kier molecular flexibility index (Phi) is 7.35. The molecule has 0 spiro atoms. The Morgan fingerprint density at radius 3 is 2.70 bits per heavy atom. The van der Waals surface area contributed by atoms with Crippen LogP contribution in [0, 0.1) is 6.92 Å². The number of nitrogens with zero attached hydrogens (tertiary/aromatic N) is 4. The molecule has 3 heterocycles. The molecular weight excluding hydrogens is 458 g/mol. The van der Waals surface area contributed by atoms with Crippen molar-refractivity contribution in [1.82, 2.24) is 24.2 Å². The normalized spacial score (nSPS) is 16.1. The molecule has 3 aromatic rings. The number of thioether (sulfide) groups is 1. The van der Waals surface area contributed by atoms with E-state index in [2.05, 4.69) is 15.5 Å². The Bertz CT molecular complexity index is 1240. The summed E-state index contributed by atoms with van der Waals surface area (Å²) in [7, 11) is -3.63. The number of benzene rings is 1. The minimum absolute atomic E-state index is 0.161. The van der Waals surface area contributed by atoms with Crippen molar-refractivity contribution in [1.29, 1.82) is 0 Å². The number of fused-ring (bicyclic) bond motifs is 1. The largest absolute Gasteiger partial charge is 0.342 e. The van der Waals surface area contributed by atoms with Crippen molar-refractivity contribution in [3.63, 3.8) is 0 Å². The van der Waals surface area contributed by atoms with Crippen LogP contribution in [0.25, 0.3) is 5.65 Å². The minimum Gasteiger partial charge on any atom is -0.342 e. The van der Waals surface area contributed by atoms with Gasteiger partial charge in [0.2, 0.25) is 10.0 Å². The maximum absolute atomic E-state index is 13.3. The minimum atomic E-state index is -3.63. The van der Waals surface area contributed by atoms with Gasteiger partial charge < -0.3 is 5.32 Å². The first-order valence-corrected chi connectivity index (χ1v) is 14.0. The number of carbonyl (C=O) groups is 1. The number of hydrogen-bond acceptors (Lipinski definition) is 6. The second kappa shape index (κ2) is 10.2. The first-order valence-electron chi connectivity index (χ1n) is 11.1. The van der Waals surface area contributed by atoms with E-state index in [4.69, 9.17) is 0 Å². The molecule has 1 aliphatic rings. The fraction of sp³-hybridized carbons (Fsp3) is 0.435. The van der Waals surface area contributed by atoms with Crippen LogP contribution >= 0.6 is 11.8 Å². The number of aromatic nitrogens is 3. The maximum atomic E-state index is 13.3. The third-order valence-corrected chi connectivity index (χ3v) is 8.51. The lowest BCUT2D eigenvalue weighted by molar-refractivity contribution is 0.0933. The number of rotatable bonds is 8. The molecule has 0 radical (unpaired) electrons. The molecule has 1 unspecified atom stereocenters. The average Bonchev–Trinajstić information content (AvgIpc) is 3.26. The molecule has 33 heavy (non-hydrogen) atoms. The molecule has 0 bridgehead atoms. The highest BCUT2D eigenvalue weighted by molar-refractivity contribution is 7.98. The summed E-state index contributed by atoms with van der Waals surface area (Å²) in [6, 6.07) is 10.1. The second-order valence-corrected chi connectivity index (χ2v) is 11.2. The van der Waals surface area contributed by atoms with Crippen molar-refractivity contribution in [2.24, 2.45) is 0 Å². The van der Waals surface area contributed by atoms with Gasteiger partial charge in [-0.05, 0) is 68.0 Å². The van der Waals surface area contributed by atoms with Gasteiger partial charge in [0.15, 0.2) is 11.5 Å². The Labute approximate surface area is 198 Å². The zero-order valence-corrected chi connectivity index (χ0v) is 20.5. The molecule has 1 fully saturated rings. The molecule has 0 aliphatic carbocycles. The molecule has 1 atom stereocenters. The Hall–Kier alpha value is -2.43. The van der Waals surface area contributed by atoms with Gasteiger partial charge in [0, 0.05) is 24.8 Å². The topological polar surface area (TPSA) is 96.7 Å². The lowest BCUT2D eigenvalue weighted by Crippen LogP contribution is -2.36. The van der Waals surface area contributed by atoms with Gasteiger partial charge in [0.05, 0.1) is 10.9 Å². The van der Waals surface area contributed by atoms with Crippen LogP contribution in [0.15, 0.2) is 47.5 Å². The van der Waals surface area contributed by atoms with E-state index in [0.29, 0.717) is 36.5 Å². The Balaban J connectivity index is 1.62. The fourth-order valence-electron chi connectivity index (χ4n) is 4.10. The van der Waals surface area contributed by atoms with E-state index in [-0.39, 0.29) is 16.8 Å². The molecule has 10 heteroatoms. The van der Waals surface area contributed by atoms with E-state index in [0.717, 1.165) is 30.6 Å². The van der Waals surface area contributed by atoms with Crippen molar-refractivity contribution in [3.8, 4) is 0 Å². The number of piperidine rings is 1. The van der Waals surface area contributed by atoms with Crippen LogP contribution in [0.4, 0.5) is 0 Å². The van der Waals surface area contributed by atoms with E-state index in [1.54, 1.807) is 23.9 Å². The first kappa shape index (κ1) is 23.7. The summed E-state index contributed by atoms with van der Waals surface area (Å²) in [5.41, 5.74) is 1.79.